The number of rotatable bonds is 4. The van der Waals surface area contributed by atoms with Gasteiger partial charge in [0.15, 0.2) is 12.4 Å². The van der Waals surface area contributed by atoms with Crippen LogP contribution < -0.4 is 4.90 Å². The van der Waals surface area contributed by atoms with E-state index in [4.69, 9.17) is 0 Å². The molecule has 5 rings (SSSR count). The van der Waals surface area contributed by atoms with Gasteiger partial charge in [0.05, 0.1) is 18.1 Å². The number of nitrogens with one attached hydrogen (secondary N) is 1. The van der Waals surface area contributed by atoms with Crippen molar-refractivity contribution in [2.24, 2.45) is 21.1 Å². The molecule has 1 unspecified atom stereocenters. The molecule has 7 heteroatoms. The number of nitrogens with zero attached hydrogens (tertiary/aromatic N) is 3. The maximum Gasteiger partial charge on any atom is 0.295 e. The van der Waals surface area contributed by atoms with Crippen LogP contribution in [0.3, 0.4) is 0 Å². The number of halogens is 1. The standard InChI is InChI=1S/C26H29FN4O2/c1-25(2)12-19-13-26(3,14-25)15-30(19)16-31-21-7-5-4-6-20(21)22(24(31)33)28-29-23(32)17-8-10-18(27)11-9-17/h4-11,19,33H,12-16H2,1-3H3/p+1/t19-,26-/m1/s1. The first-order valence-electron chi connectivity index (χ1n) is 11.5. The summed E-state index contributed by atoms with van der Waals surface area (Å²) in [7, 11) is 0. The minimum atomic E-state index is -0.583. The van der Waals surface area contributed by atoms with Crippen LogP contribution in [-0.4, -0.2) is 28.2 Å². The molecule has 2 aromatic carbocycles. The normalized spacial score (nSPS) is 26.3. The molecule has 2 heterocycles. The summed E-state index contributed by atoms with van der Waals surface area (Å²) in [5, 5.41) is 19.8. The van der Waals surface area contributed by atoms with Crippen LogP contribution in [0.4, 0.5) is 10.1 Å². The van der Waals surface area contributed by atoms with Gasteiger partial charge in [0, 0.05) is 29.2 Å². The smallest absolute Gasteiger partial charge is 0.295 e. The second kappa shape index (κ2) is 7.76. The van der Waals surface area contributed by atoms with Gasteiger partial charge in [-0.1, -0.05) is 39.0 Å². The number of azo groups is 1. The molecular weight excluding hydrogens is 419 g/mol. The maximum absolute atomic E-state index is 13.1. The first-order valence-corrected chi connectivity index (χ1v) is 11.5. The number of amides is 1. The minimum absolute atomic E-state index is 0.0187. The molecule has 2 aliphatic rings. The Labute approximate surface area is 192 Å². The van der Waals surface area contributed by atoms with Gasteiger partial charge in [-0.05, 0) is 42.2 Å². The van der Waals surface area contributed by atoms with Crippen molar-refractivity contribution in [3.05, 3.63) is 59.9 Å². The zero-order valence-corrected chi connectivity index (χ0v) is 19.3. The molecule has 33 heavy (non-hydrogen) atoms. The molecule has 1 aliphatic carbocycles. The zero-order chi connectivity index (χ0) is 23.4. The topological polar surface area (TPSA) is 71.4 Å². The number of hydrogen-bond donors (Lipinski definition) is 2. The van der Waals surface area contributed by atoms with E-state index in [-0.39, 0.29) is 17.1 Å². The molecule has 0 spiro atoms. The lowest BCUT2D eigenvalue weighted by molar-refractivity contribution is -0.936. The summed E-state index contributed by atoms with van der Waals surface area (Å²) in [5.74, 6) is -0.985. The summed E-state index contributed by atoms with van der Waals surface area (Å²) >= 11 is 0. The molecule has 1 aromatic heterocycles. The number of fused-ring (bicyclic) bond motifs is 3. The number of likely N-dealkylation sites (tertiary alicyclic amines) is 1. The average Bonchev–Trinajstić information content (AvgIpc) is 3.15. The molecule has 3 atom stereocenters. The van der Waals surface area contributed by atoms with Gasteiger partial charge in [-0.15, -0.1) is 10.2 Å². The molecule has 3 aromatic rings. The van der Waals surface area contributed by atoms with Crippen LogP contribution in [0.5, 0.6) is 5.88 Å². The molecular formula is C26H30FN4O2+. The van der Waals surface area contributed by atoms with Crippen LogP contribution in [0.1, 0.15) is 50.4 Å². The van der Waals surface area contributed by atoms with Crippen molar-refractivity contribution < 1.29 is 19.2 Å². The van der Waals surface area contributed by atoms with Gasteiger partial charge in [0.2, 0.25) is 5.88 Å². The van der Waals surface area contributed by atoms with Crippen molar-refractivity contribution in [2.45, 2.75) is 52.7 Å². The van der Waals surface area contributed by atoms with Crippen molar-refractivity contribution in [2.75, 3.05) is 6.54 Å². The fourth-order valence-electron chi connectivity index (χ4n) is 6.41. The third kappa shape index (κ3) is 4.06. The second-order valence-corrected chi connectivity index (χ2v) is 10.9. The van der Waals surface area contributed by atoms with Crippen LogP contribution >= 0.6 is 0 Å². The Hall–Kier alpha value is -3.06. The van der Waals surface area contributed by atoms with E-state index in [1.54, 1.807) is 0 Å². The summed E-state index contributed by atoms with van der Waals surface area (Å²) in [4.78, 5) is 13.9. The van der Waals surface area contributed by atoms with E-state index in [0.717, 1.165) is 17.4 Å². The zero-order valence-electron chi connectivity index (χ0n) is 19.3. The lowest BCUT2D eigenvalue weighted by atomic mass is 9.65. The Morgan fingerprint density at radius 1 is 1.15 bits per heavy atom. The van der Waals surface area contributed by atoms with Gasteiger partial charge in [0.25, 0.3) is 5.91 Å². The molecule has 2 fully saturated rings. The minimum Gasteiger partial charge on any atom is -0.493 e. The van der Waals surface area contributed by atoms with E-state index >= 15 is 0 Å². The number of aromatic nitrogens is 1. The lowest BCUT2D eigenvalue weighted by Crippen LogP contribution is -3.13. The molecule has 2 bridgehead atoms. The Morgan fingerprint density at radius 2 is 1.88 bits per heavy atom. The van der Waals surface area contributed by atoms with Gasteiger partial charge >= 0.3 is 0 Å². The molecule has 6 nitrogen and oxygen atoms in total. The van der Waals surface area contributed by atoms with E-state index in [1.807, 2.05) is 28.8 Å². The van der Waals surface area contributed by atoms with E-state index in [2.05, 4.69) is 31.0 Å². The summed E-state index contributed by atoms with van der Waals surface area (Å²) in [5.41, 5.74) is 2.06. The van der Waals surface area contributed by atoms with Crippen molar-refractivity contribution in [1.29, 1.82) is 0 Å². The number of para-hydroxylation sites is 1. The number of aromatic hydroxyl groups is 1. The van der Waals surface area contributed by atoms with Crippen LogP contribution in [-0.2, 0) is 6.67 Å². The van der Waals surface area contributed by atoms with Crippen LogP contribution in [0.25, 0.3) is 10.9 Å². The van der Waals surface area contributed by atoms with Crippen LogP contribution in [0.2, 0.25) is 0 Å². The number of carbonyl (C=O) groups is 1. The Bertz CT molecular complexity index is 1250. The highest BCUT2D eigenvalue weighted by molar-refractivity contribution is 5.97. The third-order valence-electron chi connectivity index (χ3n) is 7.29. The largest absolute Gasteiger partial charge is 0.493 e. The van der Waals surface area contributed by atoms with E-state index in [1.165, 1.54) is 48.4 Å². The number of hydrogen-bond acceptors (Lipinski definition) is 3. The SMILES string of the molecule is CC1(C)C[C@@H]2C[C@@](C)(C[NH+]2Cn2c(O)c(N=NC(=O)c3ccc(F)cc3)c3ccccc32)C1. The van der Waals surface area contributed by atoms with Crippen molar-refractivity contribution in [3.8, 4) is 5.88 Å². The fourth-order valence-corrected chi connectivity index (χ4v) is 6.41. The van der Waals surface area contributed by atoms with E-state index in [0.29, 0.717) is 23.5 Å². The first-order chi connectivity index (χ1) is 15.6. The lowest BCUT2D eigenvalue weighted by Gasteiger charge is -2.37. The van der Waals surface area contributed by atoms with Gasteiger partial charge in [0.1, 0.15) is 5.82 Å². The maximum atomic E-state index is 13.1. The van der Waals surface area contributed by atoms with Gasteiger partial charge in [-0.25, -0.2) is 4.39 Å². The average molecular weight is 450 g/mol. The summed E-state index contributed by atoms with van der Waals surface area (Å²) in [6.07, 6.45) is 3.62. The number of quaternary nitrogens is 1. The number of benzene rings is 2. The highest BCUT2D eigenvalue weighted by Gasteiger charge is 2.52. The third-order valence-corrected chi connectivity index (χ3v) is 7.29. The first kappa shape index (κ1) is 21.8. The molecule has 0 radical (unpaired) electrons. The Kier molecular flexibility index (Phi) is 5.12. The predicted molar refractivity (Wildman–Crippen MR) is 124 cm³/mol. The second-order valence-electron chi connectivity index (χ2n) is 10.9. The molecule has 1 aliphatic heterocycles. The quantitative estimate of drug-likeness (QED) is 0.559. The fraction of sp³-hybridized carbons (Fsp3) is 0.423. The molecule has 1 amide bonds. The summed E-state index contributed by atoms with van der Waals surface area (Å²) < 4.78 is 15.0. The molecule has 2 N–H and O–H groups in total. The van der Waals surface area contributed by atoms with Gasteiger partial charge in [-0.3, -0.25) is 9.36 Å². The Balaban J connectivity index is 1.46. The van der Waals surface area contributed by atoms with Crippen molar-refractivity contribution >= 4 is 22.5 Å². The van der Waals surface area contributed by atoms with E-state index in [9.17, 15) is 14.3 Å². The van der Waals surface area contributed by atoms with Gasteiger partial charge < -0.3 is 10.0 Å². The van der Waals surface area contributed by atoms with Crippen LogP contribution in [0.15, 0.2) is 58.8 Å². The number of carbonyl (C=O) groups excluding carboxylic acids is 1. The summed E-state index contributed by atoms with van der Waals surface area (Å²) in [6.45, 7) is 8.83. The monoisotopic (exact) mass is 449 g/mol. The van der Waals surface area contributed by atoms with Crippen molar-refractivity contribution in [1.82, 2.24) is 4.57 Å². The molecule has 172 valence electrons. The highest BCUT2D eigenvalue weighted by Crippen LogP contribution is 2.47. The van der Waals surface area contributed by atoms with Crippen LogP contribution in [0, 0.1) is 16.6 Å². The molecule has 1 saturated heterocycles. The molecule has 1 saturated carbocycles. The van der Waals surface area contributed by atoms with E-state index < -0.39 is 11.7 Å². The highest BCUT2D eigenvalue weighted by atomic mass is 19.1. The predicted octanol–water partition coefficient (Wildman–Crippen LogP) is 4.85. The van der Waals surface area contributed by atoms with Gasteiger partial charge in [-0.2, -0.15) is 0 Å². The van der Waals surface area contributed by atoms with Crippen molar-refractivity contribution in [3.63, 3.8) is 0 Å². The Morgan fingerprint density at radius 3 is 2.64 bits per heavy atom. The summed E-state index contributed by atoms with van der Waals surface area (Å²) in [6, 6.07) is 13.4.